The molecule has 1 amide bonds. The number of nitrogens with two attached hydrogens (primary N) is 1. The van der Waals surface area contributed by atoms with Crippen LogP contribution in [0.5, 0.6) is 0 Å². The number of anilines is 1. The lowest BCUT2D eigenvalue weighted by Crippen LogP contribution is -2.40. The molecule has 0 aromatic heterocycles. The third-order valence-corrected chi connectivity index (χ3v) is 3.59. The first-order valence-corrected chi connectivity index (χ1v) is 6.72. The van der Waals surface area contributed by atoms with Gasteiger partial charge in [0.2, 0.25) is 5.91 Å². The Balaban J connectivity index is 2.83. The van der Waals surface area contributed by atoms with Crippen molar-refractivity contribution in [2.75, 3.05) is 11.9 Å². The van der Waals surface area contributed by atoms with E-state index in [1.54, 1.807) is 4.90 Å². The molecule has 1 unspecified atom stereocenters. The van der Waals surface area contributed by atoms with E-state index in [1.165, 1.54) is 5.56 Å². The molecule has 3 nitrogen and oxygen atoms in total. The molecule has 0 bridgehead atoms. The van der Waals surface area contributed by atoms with E-state index in [4.69, 9.17) is 5.73 Å². The monoisotopic (exact) mass is 262 g/mol. The zero-order chi connectivity index (χ0) is 14.8. The molecule has 0 saturated heterocycles. The summed E-state index contributed by atoms with van der Waals surface area (Å²) >= 11 is 0. The number of amides is 1. The second kappa shape index (κ2) is 5.74. The van der Waals surface area contributed by atoms with Crippen molar-refractivity contribution in [2.45, 2.75) is 47.1 Å². The van der Waals surface area contributed by atoms with Crippen LogP contribution in [0.4, 0.5) is 5.69 Å². The summed E-state index contributed by atoms with van der Waals surface area (Å²) in [5.74, 6) is 0.0642. The number of benzene rings is 1. The minimum atomic E-state index is -0.131. The summed E-state index contributed by atoms with van der Waals surface area (Å²) in [6.45, 7) is 10.2. The van der Waals surface area contributed by atoms with E-state index < -0.39 is 0 Å². The summed E-state index contributed by atoms with van der Waals surface area (Å²) in [5.41, 5.74) is 9.29. The SMILES string of the molecule is Cc1ccc(N(C)C(=O)CC(N)C(C)(C)C)c(C)c1. The molecule has 0 spiro atoms. The highest BCUT2D eigenvalue weighted by molar-refractivity contribution is 5.94. The maximum Gasteiger partial charge on any atom is 0.228 e. The first-order valence-electron chi connectivity index (χ1n) is 6.72. The molecule has 0 saturated carbocycles. The molecule has 0 aliphatic heterocycles. The second-order valence-corrected chi connectivity index (χ2v) is 6.42. The largest absolute Gasteiger partial charge is 0.327 e. The predicted octanol–water partition coefficient (Wildman–Crippen LogP) is 3.03. The molecule has 0 aliphatic carbocycles. The number of hydrogen-bond acceptors (Lipinski definition) is 2. The van der Waals surface area contributed by atoms with Gasteiger partial charge in [-0.2, -0.15) is 0 Å². The van der Waals surface area contributed by atoms with Gasteiger partial charge in [-0.05, 0) is 30.9 Å². The average Bonchev–Trinajstić information content (AvgIpc) is 2.26. The van der Waals surface area contributed by atoms with Crippen molar-refractivity contribution in [3.05, 3.63) is 29.3 Å². The lowest BCUT2D eigenvalue weighted by molar-refractivity contribution is -0.119. The fraction of sp³-hybridized carbons (Fsp3) is 0.562. The van der Waals surface area contributed by atoms with E-state index in [-0.39, 0.29) is 17.4 Å². The van der Waals surface area contributed by atoms with Gasteiger partial charge in [-0.3, -0.25) is 4.79 Å². The van der Waals surface area contributed by atoms with Crippen LogP contribution in [0, 0.1) is 19.3 Å². The first kappa shape index (κ1) is 15.7. The van der Waals surface area contributed by atoms with Crippen LogP contribution in [0.15, 0.2) is 18.2 Å². The van der Waals surface area contributed by atoms with Gasteiger partial charge in [0.1, 0.15) is 0 Å². The van der Waals surface area contributed by atoms with Gasteiger partial charge in [0.15, 0.2) is 0 Å². The van der Waals surface area contributed by atoms with Gasteiger partial charge in [-0.25, -0.2) is 0 Å². The molecule has 1 atom stereocenters. The van der Waals surface area contributed by atoms with Crippen molar-refractivity contribution in [3.63, 3.8) is 0 Å². The predicted molar refractivity (Wildman–Crippen MR) is 81.4 cm³/mol. The molecular formula is C16H26N2O. The zero-order valence-electron chi connectivity index (χ0n) is 12.9. The van der Waals surface area contributed by atoms with Crippen LogP contribution in [-0.4, -0.2) is 19.0 Å². The molecule has 106 valence electrons. The molecule has 0 aliphatic rings. The molecular weight excluding hydrogens is 236 g/mol. The summed E-state index contributed by atoms with van der Waals surface area (Å²) in [4.78, 5) is 14.0. The number of carbonyl (C=O) groups excluding carboxylic acids is 1. The molecule has 0 radical (unpaired) electrons. The van der Waals surface area contributed by atoms with Gasteiger partial charge >= 0.3 is 0 Å². The van der Waals surface area contributed by atoms with Crippen molar-refractivity contribution in [1.82, 2.24) is 0 Å². The van der Waals surface area contributed by atoms with E-state index >= 15 is 0 Å². The Morgan fingerprint density at radius 2 is 1.89 bits per heavy atom. The zero-order valence-corrected chi connectivity index (χ0v) is 12.9. The summed E-state index contributed by atoms with van der Waals surface area (Å²) in [7, 11) is 1.81. The van der Waals surface area contributed by atoms with Gasteiger partial charge < -0.3 is 10.6 Å². The third kappa shape index (κ3) is 4.06. The Bertz CT molecular complexity index is 460. The standard InChI is InChI=1S/C16H26N2O/c1-11-7-8-13(12(2)9-11)18(6)15(19)10-14(17)16(3,4)5/h7-9,14H,10,17H2,1-6H3. The summed E-state index contributed by atoms with van der Waals surface area (Å²) in [6, 6.07) is 5.97. The molecule has 0 fully saturated rings. The van der Waals surface area contributed by atoms with E-state index in [0.29, 0.717) is 6.42 Å². The van der Waals surface area contributed by atoms with Crippen LogP contribution in [0.1, 0.15) is 38.3 Å². The van der Waals surface area contributed by atoms with Gasteiger partial charge in [-0.1, -0.05) is 38.5 Å². The van der Waals surface area contributed by atoms with E-state index in [9.17, 15) is 4.79 Å². The van der Waals surface area contributed by atoms with E-state index in [1.807, 2.05) is 33.0 Å². The molecule has 2 N–H and O–H groups in total. The van der Waals surface area contributed by atoms with Crippen molar-refractivity contribution < 1.29 is 4.79 Å². The Morgan fingerprint density at radius 1 is 1.32 bits per heavy atom. The smallest absolute Gasteiger partial charge is 0.228 e. The second-order valence-electron chi connectivity index (χ2n) is 6.42. The minimum absolute atomic E-state index is 0.0567. The fourth-order valence-corrected chi connectivity index (χ4v) is 1.95. The molecule has 3 heteroatoms. The number of aryl methyl sites for hydroxylation is 2. The quantitative estimate of drug-likeness (QED) is 0.910. The summed E-state index contributed by atoms with van der Waals surface area (Å²) in [6.07, 6.45) is 0.368. The highest BCUT2D eigenvalue weighted by Gasteiger charge is 2.25. The third-order valence-electron chi connectivity index (χ3n) is 3.59. The van der Waals surface area contributed by atoms with Crippen molar-refractivity contribution in [2.24, 2.45) is 11.1 Å². The van der Waals surface area contributed by atoms with E-state index in [2.05, 4.69) is 26.8 Å². The Hall–Kier alpha value is -1.35. The highest BCUT2D eigenvalue weighted by Crippen LogP contribution is 2.24. The van der Waals surface area contributed by atoms with Crippen LogP contribution in [0.3, 0.4) is 0 Å². The van der Waals surface area contributed by atoms with Crippen molar-refractivity contribution in [1.29, 1.82) is 0 Å². The van der Waals surface area contributed by atoms with Gasteiger partial charge in [0, 0.05) is 25.2 Å². The first-order chi connectivity index (χ1) is 8.62. The maximum atomic E-state index is 12.3. The Labute approximate surface area is 116 Å². The van der Waals surface area contributed by atoms with Crippen LogP contribution in [0.25, 0.3) is 0 Å². The Morgan fingerprint density at radius 3 is 2.37 bits per heavy atom. The molecule has 1 rings (SSSR count). The lowest BCUT2D eigenvalue weighted by atomic mass is 9.85. The molecule has 1 aromatic rings. The lowest BCUT2D eigenvalue weighted by Gasteiger charge is -2.29. The van der Waals surface area contributed by atoms with Gasteiger partial charge in [0.05, 0.1) is 0 Å². The summed E-state index contributed by atoms with van der Waals surface area (Å²) in [5, 5.41) is 0. The average molecular weight is 262 g/mol. The van der Waals surface area contributed by atoms with Gasteiger partial charge in [0.25, 0.3) is 0 Å². The van der Waals surface area contributed by atoms with Crippen LogP contribution in [-0.2, 0) is 4.79 Å². The number of nitrogens with zero attached hydrogens (tertiary/aromatic N) is 1. The van der Waals surface area contributed by atoms with Crippen molar-refractivity contribution >= 4 is 11.6 Å². The van der Waals surface area contributed by atoms with Gasteiger partial charge in [-0.15, -0.1) is 0 Å². The summed E-state index contributed by atoms with van der Waals surface area (Å²) < 4.78 is 0. The maximum absolute atomic E-state index is 12.3. The molecule has 19 heavy (non-hydrogen) atoms. The van der Waals surface area contributed by atoms with Crippen LogP contribution < -0.4 is 10.6 Å². The minimum Gasteiger partial charge on any atom is -0.327 e. The number of rotatable bonds is 3. The number of hydrogen-bond donors (Lipinski definition) is 1. The van der Waals surface area contributed by atoms with E-state index in [0.717, 1.165) is 11.3 Å². The fourth-order valence-electron chi connectivity index (χ4n) is 1.95. The van der Waals surface area contributed by atoms with Crippen molar-refractivity contribution in [3.8, 4) is 0 Å². The highest BCUT2D eigenvalue weighted by atomic mass is 16.2. The topological polar surface area (TPSA) is 46.3 Å². The number of carbonyl (C=O) groups is 1. The van der Waals surface area contributed by atoms with Crippen LogP contribution >= 0.6 is 0 Å². The molecule has 0 heterocycles. The van der Waals surface area contributed by atoms with Crippen LogP contribution in [0.2, 0.25) is 0 Å². The normalized spacial score (nSPS) is 13.2. The Kier molecular flexibility index (Phi) is 4.75. The molecule has 1 aromatic carbocycles.